The lowest BCUT2D eigenvalue weighted by Crippen LogP contribution is -2.09. The molecule has 0 aliphatic carbocycles. The summed E-state index contributed by atoms with van der Waals surface area (Å²) in [4.78, 5) is 21.1. The summed E-state index contributed by atoms with van der Waals surface area (Å²) in [5.41, 5.74) is 4.37. The first-order valence-corrected chi connectivity index (χ1v) is 10.9. The zero-order valence-corrected chi connectivity index (χ0v) is 19.8. The molecule has 2 aromatic carbocycles. The zero-order valence-electron chi connectivity index (χ0n) is 16.6. The number of hydrogen-bond donors (Lipinski definition) is 1. The smallest absolute Gasteiger partial charge is 0.248 e. The van der Waals surface area contributed by atoms with Crippen LogP contribution < -0.4 is 10.1 Å². The van der Waals surface area contributed by atoms with Gasteiger partial charge in [-0.25, -0.2) is 4.98 Å². The third-order valence-corrected chi connectivity index (χ3v) is 5.60. The Morgan fingerprint density at radius 3 is 2.77 bits per heavy atom. The van der Waals surface area contributed by atoms with Crippen molar-refractivity contribution in [2.45, 2.75) is 6.92 Å². The van der Waals surface area contributed by atoms with Crippen LogP contribution in [-0.4, -0.2) is 23.0 Å². The molecule has 31 heavy (non-hydrogen) atoms. The molecule has 1 amide bonds. The Morgan fingerprint density at radius 2 is 2.03 bits per heavy atom. The molecule has 0 unspecified atom stereocenters. The molecule has 0 spiro atoms. The number of carbonyl (C=O) groups excluding carboxylic acids is 1. The number of aryl methyl sites for hydroxylation is 1. The van der Waals surface area contributed by atoms with Crippen molar-refractivity contribution in [3.8, 4) is 17.2 Å². The van der Waals surface area contributed by atoms with Gasteiger partial charge in [-0.15, -0.1) is 0 Å². The van der Waals surface area contributed by atoms with Gasteiger partial charge in [0.05, 0.1) is 11.6 Å². The normalized spacial score (nSPS) is 11.2. The third kappa shape index (κ3) is 4.70. The number of fused-ring (bicyclic) bond motifs is 1. The lowest BCUT2D eigenvalue weighted by molar-refractivity contribution is -0.111. The molecule has 0 bridgehead atoms. The molecular formula is C23H17Br2N3O3. The average molecular weight is 543 g/mol. The highest BCUT2D eigenvalue weighted by atomic mass is 79.9. The van der Waals surface area contributed by atoms with Crippen molar-refractivity contribution in [3.63, 3.8) is 0 Å². The number of anilines is 1. The first-order chi connectivity index (χ1) is 14.9. The SMILES string of the molecule is COc1c(Br)cc(Br)cc1/C=C/C(=O)Nc1ccc(-c2nc3ncccc3o2)cc1C. The number of pyridine rings is 1. The van der Waals surface area contributed by atoms with E-state index in [0.29, 0.717) is 28.6 Å². The summed E-state index contributed by atoms with van der Waals surface area (Å²) >= 11 is 6.91. The van der Waals surface area contributed by atoms with Crippen LogP contribution in [0.4, 0.5) is 5.69 Å². The minimum Gasteiger partial charge on any atom is -0.495 e. The number of carbonyl (C=O) groups is 1. The van der Waals surface area contributed by atoms with Crippen LogP contribution >= 0.6 is 31.9 Å². The van der Waals surface area contributed by atoms with Gasteiger partial charge in [0.25, 0.3) is 0 Å². The Morgan fingerprint density at radius 1 is 1.19 bits per heavy atom. The first kappa shape index (κ1) is 21.3. The van der Waals surface area contributed by atoms with Crippen LogP contribution in [0, 0.1) is 6.92 Å². The number of nitrogens with one attached hydrogen (secondary N) is 1. The van der Waals surface area contributed by atoms with E-state index in [1.54, 1.807) is 25.4 Å². The molecule has 4 aromatic rings. The van der Waals surface area contributed by atoms with Crippen molar-refractivity contribution in [3.05, 3.63) is 74.8 Å². The Hall–Kier alpha value is -2.97. The molecule has 0 atom stereocenters. The number of benzene rings is 2. The van der Waals surface area contributed by atoms with E-state index in [2.05, 4.69) is 47.1 Å². The molecule has 0 saturated carbocycles. The molecule has 0 saturated heterocycles. The molecule has 4 rings (SSSR count). The van der Waals surface area contributed by atoms with Crippen molar-refractivity contribution >= 4 is 60.8 Å². The van der Waals surface area contributed by atoms with Crippen LogP contribution in [0.15, 0.2) is 68.1 Å². The van der Waals surface area contributed by atoms with E-state index in [1.165, 1.54) is 6.08 Å². The van der Waals surface area contributed by atoms with E-state index in [4.69, 9.17) is 9.15 Å². The van der Waals surface area contributed by atoms with E-state index < -0.39 is 0 Å². The number of amides is 1. The molecule has 8 heteroatoms. The summed E-state index contributed by atoms with van der Waals surface area (Å²) in [5.74, 6) is 0.891. The molecule has 2 heterocycles. The van der Waals surface area contributed by atoms with Crippen LogP contribution in [0.2, 0.25) is 0 Å². The molecule has 6 nitrogen and oxygen atoms in total. The highest BCUT2D eigenvalue weighted by Gasteiger charge is 2.11. The van der Waals surface area contributed by atoms with E-state index in [0.717, 1.165) is 25.6 Å². The van der Waals surface area contributed by atoms with Gasteiger partial charge >= 0.3 is 0 Å². The number of oxazole rings is 1. The molecule has 0 aliphatic heterocycles. The maximum absolute atomic E-state index is 12.5. The fraction of sp³-hybridized carbons (Fsp3) is 0.0870. The van der Waals surface area contributed by atoms with Gasteiger partial charge in [-0.3, -0.25) is 4.79 Å². The predicted octanol–water partition coefficient (Wildman–Crippen LogP) is 6.38. The fourth-order valence-corrected chi connectivity index (χ4v) is 4.51. The second kappa shape index (κ2) is 9.03. The van der Waals surface area contributed by atoms with Gasteiger partial charge in [-0.05, 0) is 77.0 Å². The van der Waals surface area contributed by atoms with Crippen molar-refractivity contribution in [2.75, 3.05) is 12.4 Å². The summed E-state index contributed by atoms with van der Waals surface area (Å²) in [6.45, 7) is 1.91. The number of ether oxygens (including phenoxy) is 1. The molecule has 0 radical (unpaired) electrons. The predicted molar refractivity (Wildman–Crippen MR) is 128 cm³/mol. The van der Waals surface area contributed by atoms with Gasteiger partial charge < -0.3 is 14.5 Å². The Kier molecular flexibility index (Phi) is 6.20. The highest BCUT2D eigenvalue weighted by Crippen LogP contribution is 2.33. The largest absolute Gasteiger partial charge is 0.495 e. The van der Waals surface area contributed by atoms with Crippen LogP contribution in [0.5, 0.6) is 5.75 Å². The molecule has 1 N–H and O–H groups in total. The standard InChI is InChI=1S/C23H17Br2N3O3/c1-13-10-15(23-28-22-19(31-23)4-3-9-26-22)5-7-18(13)27-20(29)8-6-14-11-16(24)12-17(25)21(14)30-2/h3-12H,1-2H3,(H,27,29)/b8-6+. The number of rotatable bonds is 5. The lowest BCUT2D eigenvalue weighted by atomic mass is 10.1. The highest BCUT2D eigenvalue weighted by molar-refractivity contribution is 9.11. The molecule has 0 aliphatic rings. The van der Waals surface area contributed by atoms with Crippen LogP contribution in [0.25, 0.3) is 28.8 Å². The minimum atomic E-state index is -0.250. The van der Waals surface area contributed by atoms with E-state index >= 15 is 0 Å². The Labute approximate surface area is 195 Å². The summed E-state index contributed by atoms with van der Waals surface area (Å²) in [6.07, 6.45) is 4.85. The van der Waals surface area contributed by atoms with Gasteiger partial charge in [-0.1, -0.05) is 15.9 Å². The fourth-order valence-electron chi connectivity index (χ4n) is 3.09. The average Bonchev–Trinajstić information content (AvgIpc) is 3.17. The van der Waals surface area contributed by atoms with Crippen LogP contribution in [-0.2, 0) is 4.79 Å². The van der Waals surface area contributed by atoms with Crippen molar-refractivity contribution in [1.82, 2.24) is 9.97 Å². The van der Waals surface area contributed by atoms with Gasteiger partial charge in [0, 0.05) is 33.6 Å². The van der Waals surface area contributed by atoms with Crippen molar-refractivity contribution < 1.29 is 13.9 Å². The van der Waals surface area contributed by atoms with Gasteiger partial charge in [0.2, 0.25) is 11.8 Å². The van der Waals surface area contributed by atoms with E-state index in [9.17, 15) is 4.79 Å². The number of halogens is 2. The second-order valence-corrected chi connectivity index (χ2v) is 8.48. The molecular weight excluding hydrogens is 526 g/mol. The van der Waals surface area contributed by atoms with E-state index in [1.807, 2.05) is 43.3 Å². The molecule has 156 valence electrons. The zero-order chi connectivity index (χ0) is 22.0. The second-order valence-electron chi connectivity index (χ2n) is 6.71. The third-order valence-electron chi connectivity index (χ3n) is 4.55. The quantitative estimate of drug-likeness (QED) is 0.296. The van der Waals surface area contributed by atoms with Gasteiger partial charge in [0.15, 0.2) is 11.2 Å². The number of nitrogens with zero attached hydrogens (tertiary/aromatic N) is 2. The maximum atomic E-state index is 12.5. The summed E-state index contributed by atoms with van der Waals surface area (Å²) in [7, 11) is 1.59. The Balaban J connectivity index is 1.52. The van der Waals surface area contributed by atoms with Crippen molar-refractivity contribution in [1.29, 1.82) is 0 Å². The Bertz CT molecular complexity index is 1280. The summed E-state index contributed by atoms with van der Waals surface area (Å²) < 4.78 is 12.8. The van der Waals surface area contributed by atoms with Crippen LogP contribution in [0.1, 0.15) is 11.1 Å². The van der Waals surface area contributed by atoms with Gasteiger partial charge in [0.1, 0.15) is 5.75 Å². The van der Waals surface area contributed by atoms with Crippen molar-refractivity contribution in [2.24, 2.45) is 0 Å². The van der Waals surface area contributed by atoms with E-state index in [-0.39, 0.29) is 5.91 Å². The first-order valence-electron chi connectivity index (χ1n) is 9.29. The summed E-state index contributed by atoms with van der Waals surface area (Å²) in [6, 6.07) is 13.0. The number of methoxy groups -OCH3 is 1. The van der Waals surface area contributed by atoms with Gasteiger partial charge in [-0.2, -0.15) is 4.98 Å². The topological polar surface area (TPSA) is 77.2 Å². The minimum absolute atomic E-state index is 0.250. The summed E-state index contributed by atoms with van der Waals surface area (Å²) in [5, 5.41) is 2.90. The number of aromatic nitrogens is 2. The lowest BCUT2D eigenvalue weighted by Gasteiger charge is -2.09. The molecule has 0 fully saturated rings. The van der Waals surface area contributed by atoms with Crippen LogP contribution in [0.3, 0.4) is 0 Å². The maximum Gasteiger partial charge on any atom is 0.248 e. The molecule has 2 aromatic heterocycles. The monoisotopic (exact) mass is 541 g/mol. The number of hydrogen-bond acceptors (Lipinski definition) is 5.